The first-order chi connectivity index (χ1) is 14.2. The van der Waals surface area contributed by atoms with Crippen LogP contribution in [0.3, 0.4) is 0 Å². The number of aryl methyl sites for hydroxylation is 2. The van der Waals surface area contributed by atoms with E-state index in [9.17, 15) is 13.2 Å². The summed E-state index contributed by atoms with van der Waals surface area (Å²) in [6.07, 6.45) is 2.81. The predicted octanol–water partition coefficient (Wildman–Crippen LogP) is 3.21. The fourth-order valence-corrected chi connectivity index (χ4v) is 3.55. The maximum absolute atomic E-state index is 12.4. The molecule has 9 nitrogen and oxygen atoms in total. The van der Waals surface area contributed by atoms with Gasteiger partial charge in [-0.25, -0.2) is 8.42 Å². The lowest BCUT2D eigenvalue weighted by molar-refractivity contribution is -0.115. The molecular weight excluding hydrogens is 428 g/mol. The summed E-state index contributed by atoms with van der Waals surface area (Å²) in [5.74, 6) is 1.43. The number of sulfonamides is 1. The summed E-state index contributed by atoms with van der Waals surface area (Å²) < 4.78 is 37.2. The van der Waals surface area contributed by atoms with Crippen molar-refractivity contribution in [3.63, 3.8) is 0 Å². The molecule has 0 spiro atoms. The SMILES string of the molecule is Cc1cc(NS(=O)(=O)c2ccc(NC(=S)NC(=O)/C=C/c3ccc(C)o3)cc2)no1. The van der Waals surface area contributed by atoms with E-state index in [0.717, 1.165) is 5.76 Å². The third-order valence-electron chi connectivity index (χ3n) is 3.69. The Balaban J connectivity index is 1.56. The summed E-state index contributed by atoms with van der Waals surface area (Å²) in [5, 5.41) is 8.96. The molecular formula is C19H18N4O5S2. The molecule has 0 unspecified atom stereocenters. The van der Waals surface area contributed by atoms with Gasteiger partial charge in [-0.3, -0.25) is 14.8 Å². The topological polar surface area (TPSA) is 126 Å². The predicted molar refractivity (Wildman–Crippen MR) is 115 cm³/mol. The zero-order chi connectivity index (χ0) is 21.7. The molecule has 30 heavy (non-hydrogen) atoms. The van der Waals surface area contributed by atoms with Crippen molar-refractivity contribution < 1.29 is 22.2 Å². The van der Waals surface area contributed by atoms with Crippen LogP contribution in [0.2, 0.25) is 0 Å². The second-order valence-corrected chi connectivity index (χ2v) is 8.27. The summed E-state index contributed by atoms with van der Waals surface area (Å²) in [4.78, 5) is 11.9. The van der Waals surface area contributed by atoms with E-state index in [-0.39, 0.29) is 15.8 Å². The van der Waals surface area contributed by atoms with Crippen molar-refractivity contribution >= 4 is 50.8 Å². The molecule has 0 saturated carbocycles. The van der Waals surface area contributed by atoms with Crippen LogP contribution in [-0.4, -0.2) is 24.6 Å². The largest absolute Gasteiger partial charge is 0.462 e. The van der Waals surface area contributed by atoms with Crippen molar-refractivity contribution in [3.05, 3.63) is 65.8 Å². The maximum atomic E-state index is 12.4. The molecule has 0 atom stereocenters. The molecule has 3 rings (SSSR count). The van der Waals surface area contributed by atoms with Gasteiger partial charge in [-0.15, -0.1) is 0 Å². The van der Waals surface area contributed by atoms with E-state index in [4.69, 9.17) is 21.2 Å². The van der Waals surface area contributed by atoms with E-state index in [0.29, 0.717) is 17.2 Å². The lowest BCUT2D eigenvalue weighted by atomic mass is 10.3. The molecule has 3 aromatic rings. The Morgan fingerprint density at radius 3 is 2.43 bits per heavy atom. The van der Waals surface area contributed by atoms with Crippen LogP contribution < -0.4 is 15.4 Å². The van der Waals surface area contributed by atoms with Gasteiger partial charge in [0.2, 0.25) is 5.91 Å². The van der Waals surface area contributed by atoms with Crippen molar-refractivity contribution in [2.24, 2.45) is 0 Å². The Morgan fingerprint density at radius 1 is 1.10 bits per heavy atom. The summed E-state index contributed by atoms with van der Waals surface area (Å²) >= 11 is 5.09. The van der Waals surface area contributed by atoms with Gasteiger partial charge in [0.25, 0.3) is 10.0 Å². The molecule has 0 aliphatic heterocycles. The first-order valence-corrected chi connectivity index (χ1v) is 10.5. The van der Waals surface area contributed by atoms with Crippen LogP contribution in [0.1, 0.15) is 17.3 Å². The standard InChI is InChI=1S/C19H18N4O5S2/c1-12-3-6-15(27-12)7-10-18(24)21-19(29)20-14-4-8-16(9-5-14)30(25,26)23-17-11-13(2)28-22-17/h3-11H,1-2H3,(H,22,23)(H2,20,21,24,29)/b10-7+. The Hall–Kier alpha value is -3.44. The molecule has 0 bridgehead atoms. The third kappa shape index (κ3) is 5.78. The number of amides is 1. The van der Waals surface area contributed by atoms with Crippen LogP contribution in [0.15, 0.2) is 62.4 Å². The molecule has 2 aromatic heterocycles. The van der Waals surface area contributed by atoms with Gasteiger partial charge < -0.3 is 14.3 Å². The number of carbonyl (C=O) groups excluding carboxylic acids is 1. The molecule has 2 heterocycles. The van der Waals surface area contributed by atoms with Crippen LogP contribution in [0.4, 0.5) is 11.5 Å². The maximum Gasteiger partial charge on any atom is 0.263 e. The Kier molecular flexibility index (Phi) is 6.33. The van der Waals surface area contributed by atoms with Crippen molar-refractivity contribution in [2.45, 2.75) is 18.7 Å². The van der Waals surface area contributed by atoms with Gasteiger partial charge >= 0.3 is 0 Å². The number of thiocarbonyl (C=S) groups is 1. The Morgan fingerprint density at radius 2 is 1.83 bits per heavy atom. The zero-order valence-electron chi connectivity index (χ0n) is 16.0. The quantitative estimate of drug-likeness (QED) is 0.389. The number of furan rings is 1. The van der Waals surface area contributed by atoms with E-state index in [2.05, 4.69) is 20.5 Å². The van der Waals surface area contributed by atoms with E-state index >= 15 is 0 Å². The number of nitrogens with one attached hydrogen (secondary N) is 3. The molecule has 11 heteroatoms. The first-order valence-electron chi connectivity index (χ1n) is 8.64. The van der Waals surface area contributed by atoms with Gasteiger partial charge in [0.05, 0.1) is 4.90 Å². The normalized spacial score (nSPS) is 11.4. The van der Waals surface area contributed by atoms with Crippen LogP contribution in [0, 0.1) is 13.8 Å². The van der Waals surface area contributed by atoms with Crippen molar-refractivity contribution in [1.82, 2.24) is 10.5 Å². The Bertz CT molecular complexity index is 1190. The number of nitrogens with zero attached hydrogens (tertiary/aromatic N) is 1. The number of hydrogen-bond acceptors (Lipinski definition) is 7. The highest BCUT2D eigenvalue weighted by Crippen LogP contribution is 2.18. The van der Waals surface area contributed by atoms with Gasteiger partial charge in [-0.05, 0) is 68.5 Å². The van der Waals surface area contributed by atoms with Crippen LogP contribution in [-0.2, 0) is 14.8 Å². The number of aromatic nitrogens is 1. The molecule has 1 aromatic carbocycles. The molecule has 0 aliphatic carbocycles. The van der Waals surface area contributed by atoms with Crippen LogP contribution in [0.5, 0.6) is 0 Å². The molecule has 0 radical (unpaired) electrons. The highest BCUT2D eigenvalue weighted by atomic mass is 32.2. The number of hydrogen-bond donors (Lipinski definition) is 3. The average molecular weight is 447 g/mol. The molecule has 1 amide bonds. The van der Waals surface area contributed by atoms with Crippen molar-refractivity contribution in [2.75, 3.05) is 10.0 Å². The van der Waals surface area contributed by atoms with Gasteiger partial charge in [-0.1, -0.05) is 5.16 Å². The lowest BCUT2D eigenvalue weighted by Gasteiger charge is -2.09. The minimum Gasteiger partial charge on any atom is -0.462 e. The highest BCUT2D eigenvalue weighted by molar-refractivity contribution is 7.92. The monoisotopic (exact) mass is 446 g/mol. The van der Waals surface area contributed by atoms with Gasteiger partial charge in [-0.2, -0.15) is 0 Å². The summed E-state index contributed by atoms with van der Waals surface area (Å²) in [5.41, 5.74) is 0.502. The summed E-state index contributed by atoms with van der Waals surface area (Å²) in [6.45, 7) is 3.46. The molecule has 0 fully saturated rings. The average Bonchev–Trinajstić information content (AvgIpc) is 3.27. The van der Waals surface area contributed by atoms with Gasteiger partial charge in [0.1, 0.15) is 17.3 Å². The smallest absolute Gasteiger partial charge is 0.263 e. The second kappa shape index (κ2) is 8.93. The number of carbonyl (C=O) groups is 1. The highest BCUT2D eigenvalue weighted by Gasteiger charge is 2.16. The second-order valence-electron chi connectivity index (χ2n) is 6.18. The molecule has 3 N–H and O–H groups in total. The Labute approximate surface area is 178 Å². The minimum atomic E-state index is -3.82. The lowest BCUT2D eigenvalue weighted by Crippen LogP contribution is -2.32. The summed E-state index contributed by atoms with van der Waals surface area (Å²) in [6, 6.07) is 10.8. The van der Waals surface area contributed by atoms with Crippen molar-refractivity contribution in [1.29, 1.82) is 0 Å². The fraction of sp³-hybridized carbons (Fsp3) is 0.105. The van der Waals surface area contributed by atoms with Crippen molar-refractivity contribution in [3.8, 4) is 0 Å². The van der Waals surface area contributed by atoms with Crippen LogP contribution in [0.25, 0.3) is 6.08 Å². The number of anilines is 2. The van der Waals surface area contributed by atoms with Crippen LogP contribution >= 0.6 is 12.2 Å². The molecule has 0 aliphatic rings. The van der Waals surface area contributed by atoms with E-state index in [1.54, 1.807) is 26.0 Å². The van der Waals surface area contributed by atoms with E-state index in [1.165, 1.54) is 42.5 Å². The van der Waals surface area contributed by atoms with E-state index in [1.807, 2.05) is 0 Å². The number of benzene rings is 1. The molecule has 0 saturated heterocycles. The first kappa shape index (κ1) is 21.3. The zero-order valence-corrected chi connectivity index (χ0v) is 17.6. The summed E-state index contributed by atoms with van der Waals surface area (Å²) in [7, 11) is -3.82. The minimum absolute atomic E-state index is 0.0281. The molecule has 156 valence electrons. The third-order valence-corrected chi connectivity index (χ3v) is 5.26. The van der Waals surface area contributed by atoms with Gasteiger partial charge in [0.15, 0.2) is 10.9 Å². The van der Waals surface area contributed by atoms with E-state index < -0.39 is 15.9 Å². The number of rotatable bonds is 6. The van der Waals surface area contributed by atoms with Gasteiger partial charge in [0, 0.05) is 17.8 Å². The fourth-order valence-electron chi connectivity index (χ4n) is 2.35.